The summed E-state index contributed by atoms with van der Waals surface area (Å²) in [4.78, 5) is 28.2. The summed E-state index contributed by atoms with van der Waals surface area (Å²) in [6.07, 6.45) is 0.674. The quantitative estimate of drug-likeness (QED) is 0.497. The standard InChI is InChI=1S/C28H31N3O4/c1-3-25(31-15-17-35-18-16-31)28(33)30-24-19-22(11-14-26(24)34-2)27(32)29-23-12-9-21(10-13-23)20-7-5-4-6-8-20/h4-14,19,25H,3,15-18H2,1-2H3,(H,29,32)(H,30,33)/t25-/m1/s1. The molecule has 0 saturated carbocycles. The molecule has 0 spiro atoms. The number of nitrogens with one attached hydrogen (secondary N) is 2. The fourth-order valence-electron chi connectivity index (χ4n) is 4.24. The van der Waals surface area contributed by atoms with Gasteiger partial charge in [0.1, 0.15) is 5.75 Å². The first-order valence-electron chi connectivity index (χ1n) is 11.9. The summed E-state index contributed by atoms with van der Waals surface area (Å²) in [6.45, 7) is 4.66. The summed E-state index contributed by atoms with van der Waals surface area (Å²) < 4.78 is 10.8. The molecule has 2 N–H and O–H groups in total. The highest BCUT2D eigenvalue weighted by atomic mass is 16.5. The molecule has 1 fully saturated rings. The number of hydrogen-bond acceptors (Lipinski definition) is 5. The Hall–Kier alpha value is -3.68. The van der Waals surface area contributed by atoms with E-state index in [0.717, 1.165) is 11.1 Å². The van der Waals surface area contributed by atoms with Crippen LogP contribution < -0.4 is 15.4 Å². The third-order valence-corrected chi connectivity index (χ3v) is 6.15. The number of rotatable bonds is 8. The lowest BCUT2D eigenvalue weighted by molar-refractivity contribution is -0.123. The van der Waals surface area contributed by atoms with Crippen molar-refractivity contribution in [2.24, 2.45) is 0 Å². The van der Waals surface area contributed by atoms with Gasteiger partial charge in [-0.15, -0.1) is 0 Å². The van der Waals surface area contributed by atoms with E-state index in [1.54, 1.807) is 18.2 Å². The zero-order chi connectivity index (χ0) is 24.6. The summed E-state index contributed by atoms with van der Waals surface area (Å²) >= 11 is 0. The zero-order valence-corrected chi connectivity index (χ0v) is 20.1. The van der Waals surface area contributed by atoms with Gasteiger partial charge in [-0.3, -0.25) is 14.5 Å². The summed E-state index contributed by atoms with van der Waals surface area (Å²) in [5.74, 6) is 0.108. The molecule has 35 heavy (non-hydrogen) atoms. The Morgan fingerprint density at radius 3 is 2.29 bits per heavy atom. The Kier molecular flexibility index (Phi) is 8.13. The molecule has 0 bridgehead atoms. The lowest BCUT2D eigenvalue weighted by atomic mass is 10.1. The fourth-order valence-corrected chi connectivity index (χ4v) is 4.24. The molecule has 7 heteroatoms. The lowest BCUT2D eigenvalue weighted by Gasteiger charge is -2.33. The Morgan fingerprint density at radius 1 is 0.943 bits per heavy atom. The number of amides is 2. The van der Waals surface area contributed by atoms with Gasteiger partial charge >= 0.3 is 0 Å². The first-order chi connectivity index (χ1) is 17.1. The van der Waals surface area contributed by atoms with Crippen molar-refractivity contribution in [1.82, 2.24) is 4.90 Å². The molecule has 1 heterocycles. The predicted octanol–water partition coefficient (Wildman–Crippen LogP) is 4.66. The highest BCUT2D eigenvalue weighted by Crippen LogP contribution is 2.27. The van der Waals surface area contributed by atoms with Crippen molar-refractivity contribution >= 4 is 23.2 Å². The minimum atomic E-state index is -0.274. The van der Waals surface area contributed by atoms with Crippen LogP contribution in [-0.4, -0.2) is 56.2 Å². The number of ether oxygens (including phenoxy) is 2. The molecule has 3 aromatic rings. The van der Waals surface area contributed by atoms with Crippen LogP contribution in [-0.2, 0) is 9.53 Å². The maximum Gasteiger partial charge on any atom is 0.255 e. The third-order valence-electron chi connectivity index (χ3n) is 6.15. The normalized spacial score (nSPS) is 14.7. The summed E-state index contributed by atoms with van der Waals surface area (Å²) in [6, 6.07) is 22.5. The number of nitrogens with zero attached hydrogens (tertiary/aromatic N) is 1. The molecule has 0 aliphatic carbocycles. The minimum absolute atomic E-state index is 0.123. The van der Waals surface area contributed by atoms with Gasteiger partial charge in [0, 0.05) is 24.3 Å². The molecule has 4 rings (SSSR count). The van der Waals surface area contributed by atoms with Gasteiger partial charge in [0.25, 0.3) is 5.91 Å². The molecule has 1 atom stereocenters. The summed E-state index contributed by atoms with van der Waals surface area (Å²) in [5.41, 5.74) is 3.77. The molecular weight excluding hydrogens is 442 g/mol. The highest BCUT2D eigenvalue weighted by Gasteiger charge is 2.26. The number of hydrogen-bond donors (Lipinski definition) is 2. The second-order valence-electron chi connectivity index (χ2n) is 8.37. The van der Waals surface area contributed by atoms with Gasteiger partial charge in [0.15, 0.2) is 0 Å². The van der Waals surface area contributed by atoms with Crippen molar-refractivity contribution in [3.63, 3.8) is 0 Å². The molecular formula is C28H31N3O4. The van der Waals surface area contributed by atoms with Gasteiger partial charge in [-0.2, -0.15) is 0 Å². The first kappa shape index (κ1) is 24.4. The molecule has 0 aromatic heterocycles. The molecule has 3 aromatic carbocycles. The van der Waals surface area contributed by atoms with Crippen molar-refractivity contribution in [2.45, 2.75) is 19.4 Å². The van der Waals surface area contributed by atoms with Crippen LogP contribution in [0.15, 0.2) is 72.8 Å². The topological polar surface area (TPSA) is 79.9 Å². The van der Waals surface area contributed by atoms with E-state index < -0.39 is 0 Å². The maximum absolute atomic E-state index is 13.1. The third kappa shape index (κ3) is 6.07. The monoisotopic (exact) mass is 473 g/mol. The zero-order valence-electron chi connectivity index (χ0n) is 20.1. The smallest absolute Gasteiger partial charge is 0.255 e. The predicted molar refractivity (Wildman–Crippen MR) is 138 cm³/mol. The van der Waals surface area contributed by atoms with Crippen LogP contribution in [0.2, 0.25) is 0 Å². The Balaban J connectivity index is 1.46. The van der Waals surface area contributed by atoms with E-state index in [-0.39, 0.29) is 17.9 Å². The van der Waals surface area contributed by atoms with E-state index >= 15 is 0 Å². The SMILES string of the molecule is CC[C@H](C(=O)Nc1cc(C(=O)Nc2ccc(-c3ccccc3)cc2)ccc1OC)N1CCOCC1. The molecule has 0 unspecified atom stereocenters. The maximum atomic E-state index is 13.1. The Labute approximate surface area is 206 Å². The highest BCUT2D eigenvalue weighted by molar-refractivity contribution is 6.06. The van der Waals surface area contributed by atoms with E-state index in [1.807, 2.05) is 61.5 Å². The van der Waals surface area contributed by atoms with Gasteiger partial charge in [-0.25, -0.2) is 0 Å². The Morgan fingerprint density at radius 2 is 1.63 bits per heavy atom. The second-order valence-corrected chi connectivity index (χ2v) is 8.37. The van der Waals surface area contributed by atoms with E-state index in [0.29, 0.717) is 55.4 Å². The number of methoxy groups -OCH3 is 1. The average Bonchev–Trinajstić information content (AvgIpc) is 2.90. The summed E-state index contributed by atoms with van der Waals surface area (Å²) in [7, 11) is 1.54. The number of morpholine rings is 1. The van der Waals surface area contributed by atoms with Crippen LogP contribution in [0, 0.1) is 0 Å². The van der Waals surface area contributed by atoms with Gasteiger partial charge in [0.2, 0.25) is 5.91 Å². The number of anilines is 2. The molecule has 2 amide bonds. The van der Waals surface area contributed by atoms with Crippen molar-refractivity contribution in [3.8, 4) is 16.9 Å². The molecule has 182 valence electrons. The average molecular weight is 474 g/mol. The van der Waals surface area contributed by atoms with Crippen LogP contribution in [0.25, 0.3) is 11.1 Å². The van der Waals surface area contributed by atoms with Crippen molar-refractivity contribution in [1.29, 1.82) is 0 Å². The van der Waals surface area contributed by atoms with Crippen LogP contribution in [0.1, 0.15) is 23.7 Å². The summed E-state index contributed by atoms with van der Waals surface area (Å²) in [5, 5.41) is 5.89. The molecule has 7 nitrogen and oxygen atoms in total. The van der Waals surface area contributed by atoms with Gasteiger partial charge in [-0.05, 0) is 47.9 Å². The van der Waals surface area contributed by atoms with Crippen LogP contribution >= 0.6 is 0 Å². The number of carbonyl (C=O) groups is 2. The van der Waals surface area contributed by atoms with E-state index in [1.165, 1.54) is 7.11 Å². The fraction of sp³-hybridized carbons (Fsp3) is 0.286. The van der Waals surface area contributed by atoms with E-state index in [4.69, 9.17) is 9.47 Å². The molecule has 0 radical (unpaired) electrons. The molecule has 1 aliphatic heterocycles. The molecule has 1 aliphatic rings. The van der Waals surface area contributed by atoms with E-state index in [9.17, 15) is 9.59 Å². The lowest BCUT2D eigenvalue weighted by Crippen LogP contribution is -2.49. The minimum Gasteiger partial charge on any atom is -0.495 e. The first-order valence-corrected chi connectivity index (χ1v) is 11.9. The van der Waals surface area contributed by atoms with Crippen LogP contribution in [0.3, 0.4) is 0 Å². The van der Waals surface area contributed by atoms with Crippen LogP contribution in [0.5, 0.6) is 5.75 Å². The van der Waals surface area contributed by atoms with Crippen molar-refractivity contribution in [2.75, 3.05) is 44.0 Å². The van der Waals surface area contributed by atoms with Gasteiger partial charge in [0.05, 0.1) is 32.1 Å². The largest absolute Gasteiger partial charge is 0.495 e. The second kappa shape index (κ2) is 11.6. The van der Waals surface area contributed by atoms with Gasteiger partial charge < -0.3 is 20.1 Å². The number of benzene rings is 3. The van der Waals surface area contributed by atoms with Crippen molar-refractivity contribution in [3.05, 3.63) is 78.4 Å². The van der Waals surface area contributed by atoms with Crippen LogP contribution in [0.4, 0.5) is 11.4 Å². The Bertz CT molecular complexity index is 1140. The number of carbonyl (C=O) groups excluding carboxylic acids is 2. The molecule has 1 saturated heterocycles. The van der Waals surface area contributed by atoms with Gasteiger partial charge in [-0.1, -0.05) is 49.4 Å². The van der Waals surface area contributed by atoms with E-state index in [2.05, 4.69) is 15.5 Å². The van der Waals surface area contributed by atoms with Crippen molar-refractivity contribution < 1.29 is 19.1 Å².